The lowest BCUT2D eigenvalue weighted by atomic mass is 10.1. The van der Waals surface area contributed by atoms with Crippen LogP contribution in [0, 0.1) is 0 Å². The number of aliphatic imine (C=N–C) groups is 1. The topological polar surface area (TPSA) is 37.5 Å². The molecule has 4 rings (SSSR count). The SMILES string of the molecule is Clc1ccc(-c2ccc3c(C4=NCCN4)occ3c2)s1. The number of amidine groups is 1. The van der Waals surface area contributed by atoms with E-state index in [9.17, 15) is 0 Å². The van der Waals surface area contributed by atoms with Gasteiger partial charge in [-0.2, -0.15) is 0 Å². The van der Waals surface area contributed by atoms with Crippen LogP contribution in [-0.4, -0.2) is 18.9 Å². The van der Waals surface area contributed by atoms with Crippen molar-refractivity contribution in [1.29, 1.82) is 0 Å². The molecule has 3 heterocycles. The number of hydrogen-bond donors (Lipinski definition) is 1. The van der Waals surface area contributed by atoms with Gasteiger partial charge in [-0.1, -0.05) is 17.7 Å². The van der Waals surface area contributed by atoms with Crippen LogP contribution in [0.5, 0.6) is 0 Å². The number of thiophene rings is 1. The Morgan fingerprint density at radius 2 is 2.20 bits per heavy atom. The maximum Gasteiger partial charge on any atom is 0.176 e. The molecule has 0 aliphatic carbocycles. The van der Waals surface area contributed by atoms with Gasteiger partial charge >= 0.3 is 0 Å². The van der Waals surface area contributed by atoms with Crippen molar-refractivity contribution >= 4 is 39.5 Å². The number of benzene rings is 1. The molecular weight excluding hydrogens is 292 g/mol. The van der Waals surface area contributed by atoms with Crippen molar-refractivity contribution in [3.05, 3.63) is 46.7 Å². The fraction of sp³-hybridized carbons (Fsp3) is 0.133. The molecule has 100 valence electrons. The average Bonchev–Trinajstić information content (AvgIpc) is 3.17. The minimum Gasteiger partial charge on any atom is -0.460 e. The molecule has 0 unspecified atom stereocenters. The van der Waals surface area contributed by atoms with E-state index in [1.807, 2.05) is 12.1 Å². The van der Waals surface area contributed by atoms with Gasteiger partial charge in [-0.3, -0.25) is 4.99 Å². The smallest absolute Gasteiger partial charge is 0.176 e. The molecule has 1 aromatic carbocycles. The van der Waals surface area contributed by atoms with Crippen LogP contribution in [0.4, 0.5) is 0 Å². The summed E-state index contributed by atoms with van der Waals surface area (Å²) in [6, 6.07) is 10.3. The van der Waals surface area contributed by atoms with E-state index in [2.05, 4.69) is 28.5 Å². The van der Waals surface area contributed by atoms with Gasteiger partial charge in [-0.15, -0.1) is 11.3 Å². The molecule has 0 amide bonds. The first-order valence-electron chi connectivity index (χ1n) is 6.37. The molecule has 3 nitrogen and oxygen atoms in total. The number of furan rings is 1. The third-order valence-corrected chi connectivity index (χ3v) is 4.63. The van der Waals surface area contributed by atoms with E-state index in [1.165, 1.54) is 0 Å². The number of rotatable bonds is 2. The lowest BCUT2D eigenvalue weighted by Crippen LogP contribution is -2.18. The van der Waals surface area contributed by atoms with Gasteiger partial charge in [0.2, 0.25) is 0 Å². The van der Waals surface area contributed by atoms with Crippen LogP contribution in [0.1, 0.15) is 5.76 Å². The number of nitrogens with one attached hydrogen (secondary N) is 1. The van der Waals surface area contributed by atoms with Crippen LogP contribution in [0.25, 0.3) is 21.2 Å². The molecule has 0 fully saturated rings. The van der Waals surface area contributed by atoms with Gasteiger partial charge in [0, 0.05) is 22.2 Å². The summed E-state index contributed by atoms with van der Waals surface area (Å²) in [5.41, 5.74) is 1.16. The van der Waals surface area contributed by atoms with E-state index in [0.717, 1.165) is 50.2 Å². The summed E-state index contributed by atoms with van der Waals surface area (Å²) >= 11 is 7.57. The normalized spacial score (nSPS) is 14.6. The van der Waals surface area contributed by atoms with Gasteiger partial charge in [0.25, 0.3) is 0 Å². The zero-order valence-corrected chi connectivity index (χ0v) is 12.1. The zero-order chi connectivity index (χ0) is 13.5. The van der Waals surface area contributed by atoms with E-state index in [4.69, 9.17) is 16.0 Å². The second kappa shape index (κ2) is 4.65. The molecular formula is C15H11ClN2OS. The third kappa shape index (κ3) is 1.92. The van der Waals surface area contributed by atoms with Crippen LogP contribution >= 0.6 is 22.9 Å². The predicted molar refractivity (Wildman–Crippen MR) is 83.9 cm³/mol. The molecule has 1 aliphatic rings. The molecule has 0 radical (unpaired) electrons. The van der Waals surface area contributed by atoms with Gasteiger partial charge in [0.05, 0.1) is 17.1 Å². The van der Waals surface area contributed by atoms with Crippen LogP contribution in [0.15, 0.2) is 46.0 Å². The summed E-state index contributed by atoms with van der Waals surface area (Å²) in [5, 5.41) is 5.41. The van der Waals surface area contributed by atoms with Gasteiger partial charge < -0.3 is 9.73 Å². The number of hydrogen-bond acceptors (Lipinski definition) is 4. The summed E-state index contributed by atoms with van der Waals surface area (Å²) < 4.78 is 6.48. The highest BCUT2D eigenvalue weighted by Gasteiger charge is 2.16. The molecule has 20 heavy (non-hydrogen) atoms. The Hall–Kier alpha value is -1.78. The maximum absolute atomic E-state index is 5.99. The van der Waals surface area contributed by atoms with Crippen LogP contribution < -0.4 is 5.32 Å². The summed E-state index contributed by atoms with van der Waals surface area (Å²) in [5.74, 6) is 1.68. The summed E-state index contributed by atoms with van der Waals surface area (Å²) in [6.07, 6.45) is 1.78. The first-order valence-corrected chi connectivity index (χ1v) is 7.56. The Morgan fingerprint density at radius 3 is 2.95 bits per heavy atom. The quantitative estimate of drug-likeness (QED) is 0.771. The van der Waals surface area contributed by atoms with E-state index in [0.29, 0.717) is 0 Å². The molecule has 0 saturated heterocycles. The highest BCUT2D eigenvalue weighted by molar-refractivity contribution is 7.19. The number of fused-ring (bicyclic) bond motifs is 1. The molecule has 1 aliphatic heterocycles. The minimum atomic E-state index is 0.803. The Morgan fingerprint density at radius 1 is 1.25 bits per heavy atom. The molecule has 0 saturated carbocycles. The predicted octanol–water partition coefficient (Wildman–Crippen LogP) is 4.16. The molecule has 1 N–H and O–H groups in total. The largest absolute Gasteiger partial charge is 0.460 e. The second-order valence-corrected chi connectivity index (χ2v) is 6.34. The van der Waals surface area contributed by atoms with Crippen molar-refractivity contribution in [2.24, 2.45) is 4.99 Å². The maximum atomic E-state index is 5.99. The first kappa shape index (κ1) is 12.0. The first-order chi connectivity index (χ1) is 9.81. The summed E-state index contributed by atoms with van der Waals surface area (Å²) in [6.45, 7) is 1.69. The van der Waals surface area contributed by atoms with Crippen LogP contribution in [0.2, 0.25) is 4.34 Å². The molecule has 0 bridgehead atoms. The Labute approximate surface area is 124 Å². The number of halogens is 1. The van der Waals surface area contributed by atoms with Crippen molar-refractivity contribution in [2.75, 3.05) is 13.1 Å². The molecule has 5 heteroatoms. The van der Waals surface area contributed by atoms with E-state index in [-0.39, 0.29) is 0 Å². The van der Waals surface area contributed by atoms with Crippen molar-refractivity contribution in [2.45, 2.75) is 0 Å². The monoisotopic (exact) mass is 302 g/mol. The van der Waals surface area contributed by atoms with Gasteiger partial charge in [-0.05, 0) is 29.8 Å². The minimum absolute atomic E-state index is 0.803. The lowest BCUT2D eigenvalue weighted by Gasteiger charge is -2.00. The van der Waals surface area contributed by atoms with Crippen LogP contribution in [-0.2, 0) is 0 Å². The average molecular weight is 303 g/mol. The Kier molecular flexibility index (Phi) is 2.79. The fourth-order valence-corrected chi connectivity index (χ4v) is 3.45. The molecule has 0 spiro atoms. The molecule has 0 atom stereocenters. The van der Waals surface area contributed by atoms with E-state index < -0.39 is 0 Å². The van der Waals surface area contributed by atoms with E-state index in [1.54, 1.807) is 17.6 Å². The molecule has 2 aromatic heterocycles. The van der Waals surface area contributed by atoms with Crippen molar-refractivity contribution in [3.8, 4) is 10.4 Å². The highest BCUT2D eigenvalue weighted by atomic mass is 35.5. The second-order valence-electron chi connectivity index (χ2n) is 4.63. The van der Waals surface area contributed by atoms with Crippen molar-refractivity contribution in [1.82, 2.24) is 5.32 Å². The summed E-state index contributed by atoms with van der Waals surface area (Å²) in [4.78, 5) is 5.57. The zero-order valence-electron chi connectivity index (χ0n) is 10.5. The van der Waals surface area contributed by atoms with Gasteiger partial charge in [0.1, 0.15) is 0 Å². The van der Waals surface area contributed by atoms with Gasteiger partial charge in [-0.25, -0.2) is 0 Å². The van der Waals surface area contributed by atoms with Crippen LogP contribution in [0.3, 0.4) is 0 Å². The van der Waals surface area contributed by atoms with E-state index >= 15 is 0 Å². The highest BCUT2D eigenvalue weighted by Crippen LogP contribution is 2.33. The van der Waals surface area contributed by atoms with Crippen molar-refractivity contribution in [3.63, 3.8) is 0 Å². The number of nitrogens with zero attached hydrogens (tertiary/aromatic N) is 1. The van der Waals surface area contributed by atoms with Gasteiger partial charge in [0.15, 0.2) is 11.6 Å². The lowest BCUT2D eigenvalue weighted by molar-refractivity contribution is 0.560. The third-order valence-electron chi connectivity index (χ3n) is 3.35. The molecule has 3 aromatic rings. The standard InChI is InChI=1S/C15H11ClN2OS/c16-13-4-3-12(20-13)9-1-2-11-10(7-9)8-19-14(11)15-17-5-6-18-15/h1-4,7-8H,5-6H2,(H,17,18). The Balaban J connectivity index is 1.81. The summed E-state index contributed by atoms with van der Waals surface area (Å²) in [7, 11) is 0. The Bertz CT molecular complexity index is 818. The fourth-order valence-electron chi connectivity index (χ4n) is 2.41. The van der Waals surface area contributed by atoms with Crippen molar-refractivity contribution < 1.29 is 4.42 Å².